The van der Waals surface area contributed by atoms with Gasteiger partial charge in [-0.05, 0) is 59.1 Å². The second-order valence-electron chi connectivity index (χ2n) is 11.1. The van der Waals surface area contributed by atoms with Gasteiger partial charge in [0, 0.05) is 36.4 Å². The van der Waals surface area contributed by atoms with Crippen LogP contribution in [0.25, 0.3) is 11.0 Å². The normalized spacial score (nSPS) is 15.5. The number of halogens is 3. The molecule has 0 saturated heterocycles. The van der Waals surface area contributed by atoms with E-state index in [2.05, 4.69) is 15.4 Å². The highest BCUT2D eigenvalue weighted by atomic mass is 19.4. The van der Waals surface area contributed by atoms with Crippen molar-refractivity contribution in [2.24, 2.45) is 5.41 Å². The topological polar surface area (TPSA) is 108 Å². The van der Waals surface area contributed by atoms with Gasteiger partial charge in [-0.3, -0.25) is 19.1 Å². The molecule has 0 atom stereocenters. The lowest BCUT2D eigenvalue weighted by atomic mass is 9.92. The molecule has 39 heavy (non-hydrogen) atoms. The summed E-state index contributed by atoms with van der Waals surface area (Å²) in [5.74, 6) is -1.75. The Kier molecular flexibility index (Phi) is 7.35. The minimum atomic E-state index is -4.55. The van der Waals surface area contributed by atoms with E-state index in [1.54, 1.807) is 38.3 Å². The van der Waals surface area contributed by atoms with Crippen LogP contribution in [0.5, 0.6) is 5.75 Å². The standard InChI is InChI=1S/C27H32F3N5O4/c1-16-8-9-17-18(27(28,29)30)14-35(22(17)32-16)26(10-6-7-11-26)12-13-34-15-19(39-24(38)25(2,3)4)21(36)20(33-34)23(37)31-5/h8-9,14-15H,6-7,10-13H2,1-5H3,(H,31,37). The van der Waals surface area contributed by atoms with Crippen LogP contribution in [0.4, 0.5) is 13.2 Å². The summed E-state index contributed by atoms with van der Waals surface area (Å²) in [6.07, 6.45) is 1.10. The molecule has 1 fully saturated rings. The van der Waals surface area contributed by atoms with Crippen LogP contribution in [0.3, 0.4) is 0 Å². The fourth-order valence-electron chi connectivity index (χ4n) is 4.97. The van der Waals surface area contributed by atoms with E-state index in [1.807, 2.05) is 0 Å². The number of aromatic nitrogens is 4. The number of nitrogens with one attached hydrogen (secondary N) is 1. The van der Waals surface area contributed by atoms with E-state index < -0.39 is 45.7 Å². The molecule has 1 N–H and O–H groups in total. The van der Waals surface area contributed by atoms with E-state index in [-0.39, 0.29) is 23.3 Å². The van der Waals surface area contributed by atoms with Crippen molar-refractivity contribution >= 4 is 22.9 Å². The highest BCUT2D eigenvalue weighted by Gasteiger charge is 2.41. The zero-order valence-electron chi connectivity index (χ0n) is 22.6. The van der Waals surface area contributed by atoms with Gasteiger partial charge in [-0.2, -0.15) is 18.3 Å². The third-order valence-electron chi connectivity index (χ3n) is 7.14. The fraction of sp³-hybridized carbons (Fsp3) is 0.519. The van der Waals surface area contributed by atoms with E-state index in [9.17, 15) is 27.6 Å². The number of pyridine rings is 1. The van der Waals surface area contributed by atoms with Crippen LogP contribution in [0, 0.1) is 12.3 Å². The minimum Gasteiger partial charge on any atom is -0.420 e. The average molecular weight is 548 g/mol. The molecule has 0 unspecified atom stereocenters. The molecule has 12 heteroatoms. The molecule has 1 amide bonds. The van der Waals surface area contributed by atoms with Crippen molar-refractivity contribution in [2.75, 3.05) is 7.05 Å². The molecule has 0 aromatic carbocycles. The van der Waals surface area contributed by atoms with E-state index in [0.717, 1.165) is 19.0 Å². The maximum atomic E-state index is 14.0. The first kappa shape index (κ1) is 28.3. The SMILES string of the molecule is CNC(=O)c1nn(CCC2(n3cc(C(F)(F)F)c4ccc(C)nc43)CCCC2)cc(OC(=O)C(C)(C)C)c1=O. The summed E-state index contributed by atoms with van der Waals surface area (Å²) in [6.45, 7) is 6.77. The molecule has 0 spiro atoms. The molecular formula is C27H32F3N5O4. The lowest BCUT2D eigenvalue weighted by Crippen LogP contribution is -2.35. The summed E-state index contributed by atoms with van der Waals surface area (Å²) in [4.78, 5) is 42.2. The summed E-state index contributed by atoms with van der Waals surface area (Å²) >= 11 is 0. The van der Waals surface area contributed by atoms with Gasteiger partial charge in [-0.1, -0.05) is 12.8 Å². The largest absolute Gasteiger partial charge is 0.420 e. The Hall–Kier alpha value is -3.70. The number of rotatable bonds is 6. The molecule has 1 aliphatic carbocycles. The van der Waals surface area contributed by atoms with Crippen molar-refractivity contribution in [3.63, 3.8) is 0 Å². The van der Waals surface area contributed by atoms with E-state index in [0.29, 0.717) is 25.0 Å². The molecule has 3 aromatic heterocycles. The Bertz CT molecular complexity index is 1480. The van der Waals surface area contributed by atoms with Crippen LogP contribution >= 0.6 is 0 Å². The lowest BCUT2D eigenvalue weighted by molar-refractivity contribution is -0.143. The molecule has 4 rings (SSSR count). The molecule has 210 valence electrons. The van der Waals surface area contributed by atoms with E-state index >= 15 is 0 Å². The smallest absolute Gasteiger partial charge is 0.418 e. The van der Waals surface area contributed by atoms with Gasteiger partial charge in [0.2, 0.25) is 0 Å². The van der Waals surface area contributed by atoms with Crippen LogP contribution in [-0.2, 0) is 23.1 Å². The number of nitrogens with zero attached hydrogens (tertiary/aromatic N) is 4. The highest BCUT2D eigenvalue weighted by molar-refractivity contribution is 5.92. The van der Waals surface area contributed by atoms with Crippen molar-refractivity contribution < 1.29 is 27.5 Å². The van der Waals surface area contributed by atoms with Crippen molar-refractivity contribution in [1.82, 2.24) is 24.6 Å². The Morgan fingerprint density at radius 1 is 1.13 bits per heavy atom. The van der Waals surface area contributed by atoms with Crippen LogP contribution in [0.1, 0.15) is 74.6 Å². The highest BCUT2D eigenvalue weighted by Crippen LogP contribution is 2.45. The average Bonchev–Trinajstić information content (AvgIpc) is 3.48. The maximum absolute atomic E-state index is 14.0. The summed E-state index contributed by atoms with van der Waals surface area (Å²) in [7, 11) is 1.35. The van der Waals surface area contributed by atoms with E-state index in [4.69, 9.17) is 4.74 Å². The number of fused-ring (bicyclic) bond motifs is 1. The van der Waals surface area contributed by atoms with Gasteiger partial charge in [0.1, 0.15) is 5.65 Å². The molecule has 3 aromatic rings. The van der Waals surface area contributed by atoms with Crippen LogP contribution < -0.4 is 15.5 Å². The summed E-state index contributed by atoms with van der Waals surface area (Å²) in [6, 6.07) is 3.02. The van der Waals surface area contributed by atoms with Gasteiger partial charge >= 0.3 is 12.1 Å². The summed E-state index contributed by atoms with van der Waals surface area (Å²) in [5.41, 5.74) is -2.74. The van der Waals surface area contributed by atoms with Crippen LogP contribution in [0.2, 0.25) is 0 Å². The van der Waals surface area contributed by atoms with Gasteiger partial charge < -0.3 is 14.6 Å². The van der Waals surface area contributed by atoms with Crippen molar-refractivity contribution in [2.45, 2.75) is 78.1 Å². The minimum absolute atomic E-state index is 0.0409. The number of alkyl halides is 3. The maximum Gasteiger partial charge on any atom is 0.418 e. The number of amides is 1. The molecule has 1 saturated carbocycles. The number of hydrogen-bond donors (Lipinski definition) is 1. The number of carbonyl (C=O) groups excluding carboxylic acids is 2. The van der Waals surface area contributed by atoms with E-state index in [1.165, 1.54) is 24.0 Å². The Balaban J connectivity index is 1.76. The van der Waals surface area contributed by atoms with Gasteiger partial charge in [0.25, 0.3) is 11.3 Å². The first-order valence-electron chi connectivity index (χ1n) is 12.8. The van der Waals surface area contributed by atoms with Crippen LogP contribution in [0.15, 0.2) is 29.3 Å². The molecule has 0 aliphatic heterocycles. The fourth-order valence-corrected chi connectivity index (χ4v) is 4.97. The van der Waals surface area contributed by atoms with Crippen molar-refractivity contribution in [1.29, 1.82) is 0 Å². The molecule has 3 heterocycles. The first-order chi connectivity index (χ1) is 18.2. The molecule has 0 bridgehead atoms. The second-order valence-corrected chi connectivity index (χ2v) is 11.1. The number of esters is 1. The number of ether oxygens (including phenoxy) is 1. The Morgan fingerprint density at radius 3 is 2.38 bits per heavy atom. The molecule has 0 radical (unpaired) electrons. The van der Waals surface area contributed by atoms with Crippen molar-refractivity contribution in [3.8, 4) is 5.75 Å². The Morgan fingerprint density at radius 2 is 1.79 bits per heavy atom. The molecular weight excluding hydrogens is 515 g/mol. The van der Waals surface area contributed by atoms with Crippen molar-refractivity contribution in [3.05, 3.63) is 51.7 Å². The molecule has 9 nitrogen and oxygen atoms in total. The van der Waals surface area contributed by atoms with Gasteiger partial charge in [-0.25, -0.2) is 4.98 Å². The lowest BCUT2D eigenvalue weighted by Gasteiger charge is -2.32. The van der Waals surface area contributed by atoms with Gasteiger partial charge in [0.15, 0.2) is 11.4 Å². The number of aryl methyl sites for hydroxylation is 2. The number of carbonyl (C=O) groups is 2. The Labute approximate surface area is 223 Å². The predicted molar refractivity (Wildman–Crippen MR) is 138 cm³/mol. The quantitative estimate of drug-likeness (QED) is 0.453. The third-order valence-corrected chi connectivity index (χ3v) is 7.14. The second kappa shape index (κ2) is 10.1. The number of hydrogen-bond acceptors (Lipinski definition) is 6. The summed E-state index contributed by atoms with van der Waals surface area (Å²) in [5, 5.41) is 6.58. The monoisotopic (exact) mass is 547 g/mol. The summed E-state index contributed by atoms with van der Waals surface area (Å²) < 4.78 is 50.2. The third kappa shape index (κ3) is 5.55. The van der Waals surface area contributed by atoms with Crippen LogP contribution in [-0.4, -0.2) is 38.3 Å². The molecule has 1 aliphatic rings. The first-order valence-corrected chi connectivity index (χ1v) is 12.8. The predicted octanol–water partition coefficient (Wildman–Crippen LogP) is 4.59. The van der Waals surface area contributed by atoms with Gasteiger partial charge in [-0.15, -0.1) is 0 Å². The zero-order chi connectivity index (χ0) is 28.8. The van der Waals surface area contributed by atoms with Gasteiger partial charge in [0.05, 0.1) is 17.2 Å². The zero-order valence-corrected chi connectivity index (χ0v) is 22.6.